The number of alkyl carbamates (subject to hydrolysis) is 1. The zero-order valence-corrected chi connectivity index (χ0v) is 17.4. The minimum Gasteiger partial charge on any atom is -0.449 e. The maximum absolute atomic E-state index is 12.3. The van der Waals surface area contributed by atoms with E-state index in [9.17, 15) is 14.7 Å². The maximum Gasteiger partial charge on any atom is 0.407 e. The Hall–Kier alpha value is -2.86. The van der Waals surface area contributed by atoms with Crippen molar-refractivity contribution in [1.82, 2.24) is 10.6 Å². The fourth-order valence-electron chi connectivity index (χ4n) is 3.86. The molecule has 0 radical (unpaired) electrons. The van der Waals surface area contributed by atoms with Crippen LogP contribution in [0.3, 0.4) is 0 Å². The molecule has 0 spiro atoms. The largest absolute Gasteiger partial charge is 0.449 e. The molecule has 6 nitrogen and oxygen atoms in total. The zero-order chi connectivity index (χ0) is 21.3. The van der Waals surface area contributed by atoms with Crippen molar-refractivity contribution in [3.63, 3.8) is 0 Å². The summed E-state index contributed by atoms with van der Waals surface area (Å²) in [7, 11) is 0. The number of carbonyl (C=O) groups excluding carboxylic acids is 2. The average Bonchev–Trinajstić information content (AvgIpc) is 3.09. The topological polar surface area (TPSA) is 87.7 Å². The maximum atomic E-state index is 12.3. The van der Waals surface area contributed by atoms with Crippen molar-refractivity contribution >= 4 is 12.0 Å². The van der Waals surface area contributed by atoms with Gasteiger partial charge in [0.05, 0.1) is 6.61 Å². The molecule has 0 aromatic heterocycles. The molecule has 160 valence electrons. The minimum atomic E-state index is -1.02. The molecular weight excluding hydrogens is 380 g/mol. The lowest BCUT2D eigenvalue weighted by atomic mass is 9.98. The number of carbonyl (C=O) groups is 2. The summed E-state index contributed by atoms with van der Waals surface area (Å²) in [6.07, 6.45) is 3.45. The molecular formula is C24H30N2O4. The van der Waals surface area contributed by atoms with Gasteiger partial charge in [-0.25, -0.2) is 4.79 Å². The van der Waals surface area contributed by atoms with Crippen LogP contribution in [0, 0.1) is 0 Å². The Labute approximate surface area is 177 Å². The molecule has 0 unspecified atom stereocenters. The second kappa shape index (κ2) is 10.8. The fraction of sp³-hybridized carbons (Fsp3) is 0.417. The van der Waals surface area contributed by atoms with E-state index in [0.29, 0.717) is 6.54 Å². The molecule has 0 heterocycles. The number of fused-ring (bicyclic) bond motifs is 3. The van der Waals surface area contributed by atoms with Crippen LogP contribution in [0.1, 0.15) is 49.7 Å². The van der Waals surface area contributed by atoms with E-state index in [-0.39, 0.29) is 12.5 Å². The Balaban J connectivity index is 1.53. The van der Waals surface area contributed by atoms with Gasteiger partial charge < -0.3 is 20.5 Å². The third-order valence-electron chi connectivity index (χ3n) is 5.46. The number of hydrogen-bond donors (Lipinski definition) is 3. The summed E-state index contributed by atoms with van der Waals surface area (Å²) < 4.78 is 5.44. The number of rotatable bonds is 10. The van der Waals surface area contributed by atoms with Gasteiger partial charge in [0, 0.05) is 12.5 Å². The Kier molecular flexibility index (Phi) is 7.85. The Bertz CT molecular complexity index is 822. The van der Waals surface area contributed by atoms with Gasteiger partial charge in [0.2, 0.25) is 5.91 Å². The second-order valence-electron chi connectivity index (χ2n) is 7.56. The third kappa shape index (κ3) is 5.19. The molecule has 1 aliphatic rings. The van der Waals surface area contributed by atoms with Crippen molar-refractivity contribution < 1.29 is 19.4 Å². The summed E-state index contributed by atoms with van der Waals surface area (Å²) >= 11 is 0. The SMILES string of the molecule is CCCCCCNC(=O)[C@H](CO)NC(=O)OCC1c2ccccc2-c2ccccc21. The first kappa shape index (κ1) is 21.8. The smallest absolute Gasteiger partial charge is 0.407 e. The Morgan fingerprint density at radius 1 is 1.00 bits per heavy atom. The quantitative estimate of drug-likeness (QED) is 0.523. The van der Waals surface area contributed by atoms with Gasteiger partial charge in [0.25, 0.3) is 0 Å². The van der Waals surface area contributed by atoms with Crippen LogP contribution in [0.5, 0.6) is 0 Å². The average molecular weight is 411 g/mol. The van der Waals surface area contributed by atoms with Gasteiger partial charge in [-0.1, -0.05) is 74.7 Å². The predicted octanol–water partition coefficient (Wildman–Crippen LogP) is 3.58. The molecule has 0 saturated carbocycles. The molecule has 2 aromatic carbocycles. The van der Waals surface area contributed by atoms with E-state index >= 15 is 0 Å². The third-order valence-corrected chi connectivity index (χ3v) is 5.46. The molecule has 3 N–H and O–H groups in total. The zero-order valence-electron chi connectivity index (χ0n) is 17.4. The lowest BCUT2D eigenvalue weighted by Gasteiger charge is -2.18. The normalized spacial score (nSPS) is 13.3. The Morgan fingerprint density at radius 3 is 2.23 bits per heavy atom. The van der Waals surface area contributed by atoms with Crippen LogP contribution < -0.4 is 10.6 Å². The van der Waals surface area contributed by atoms with Crippen LogP contribution >= 0.6 is 0 Å². The molecule has 6 heteroatoms. The fourth-order valence-corrected chi connectivity index (χ4v) is 3.86. The second-order valence-corrected chi connectivity index (χ2v) is 7.56. The highest BCUT2D eigenvalue weighted by molar-refractivity contribution is 5.85. The lowest BCUT2D eigenvalue weighted by Crippen LogP contribution is -2.49. The van der Waals surface area contributed by atoms with Gasteiger partial charge in [0.1, 0.15) is 12.6 Å². The summed E-state index contributed by atoms with van der Waals surface area (Å²) in [6, 6.07) is 15.2. The molecule has 0 saturated heterocycles. The molecule has 1 aliphatic carbocycles. The van der Waals surface area contributed by atoms with E-state index in [1.165, 1.54) is 0 Å². The van der Waals surface area contributed by atoms with Gasteiger partial charge in [-0.05, 0) is 28.7 Å². The number of unbranched alkanes of at least 4 members (excludes halogenated alkanes) is 3. The van der Waals surface area contributed by atoms with Gasteiger partial charge in [0.15, 0.2) is 0 Å². The summed E-state index contributed by atoms with van der Waals surface area (Å²) in [6.45, 7) is 2.34. The number of aliphatic hydroxyl groups excluding tert-OH is 1. The number of aliphatic hydroxyl groups is 1. The highest BCUT2D eigenvalue weighted by Crippen LogP contribution is 2.44. The first-order valence-corrected chi connectivity index (χ1v) is 10.7. The highest BCUT2D eigenvalue weighted by atomic mass is 16.5. The number of benzene rings is 2. The number of hydrogen-bond acceptors (Lipinski definition) is 4. The van der Waals surface area contributed by atoms with E-state index in [4.69, 9.17) is 4.74 Å². The van der Waals surface area contributed by atoms with Crippen molar-refractivity contribution in [2.75, 3.05) is 19.8 Å². The first-order chi connectivity index (χ1) is 14.7. The molecule has 0 fully saturated rings. The van der Waals surface area contributed by atoms with E-state index < -0.39 is 24.6 Å². The van der Waals surface area contributed by atoms with Gasteiger partial charge >= 0.3 is 6.09 Å². The van der Waals surface area contributed by atoms with Crippen LogP contribution in [0.15, 0.2) is 48.5 Å². The van der Waals surface area contributed by atoms with Crippen molar-refractivity contribution in [2.45, 2.75) is 44.6 Å². The first-order valence-electron chi connectivity index (χ1n) is 10.7. The van der Waals surface area contributed by atoms with Crippen LogP contribution in [-0.2, 0) is 9.53 Å². The molecule has 2 amide bonds. The molecule has 3 rings (SSSR count). The van der Waals surface area contributed by atoms with E-state index in [1.54, 1.807) is 0 Å². The molecule has 0 aliphatic heterocycles. The summed E-state index contributed by atoms with van der Waals surface area (Å²) in [5.41, 5.74) is 4.54. The predicted molar refractivity (Wildman–Crippen MR) is 116 cm³/mol. The summed E-state index contributed by atoms with van der Waals surface area (Å²) in [5, 5.41) is 14.7. The number of amides is 2. The van der Waals surface area contributed by atoms with Crippen molar-refractivity contribution in [2.24, 2.45) is 0 Å². The lowest BCUT2D eigenvalue weighted by molar-refractivity contribution is -0.123. The van der Waals surface area contributed by atoms with Crippen LogP contribution in [0.25, 0.3) is 11.1 Å². The van der Waals surface area contributed by atoms with Crippen LogP contribution in [0.4, 0.5) is 4.79 Å². The summed E-state index contributed by atoms with van der Waals surface area (Å²) in [5.74, 6) is -0.453. The molecule has 0 bridgehead atoms. The standard InChI is InChI=1S/C24H30N2O4/c1-2-3-4-9-14-25-23(28)22(15-27)26-24(29)30-16-21-19-12-7-5-10-17(19)18-11-6-8-13-20(18)21/h5-8,10-13,21-22,27H,2-4,9,14-16H2,1H3,(H,25,28)(H,26,29)/t22-/m0/s1. The van der Waals surface area contributed by atoms with Gasteiger partial charge in [-0.2, -0.15) is 0 Å². The van der Waals surface area contributed by atoms with Crippen LogP contribution in [0.2, 0.25) is 0 Å². The molecule has 1 atom stereocenters. The highest BCUT2D eigenvalue weighted by Gasteiger charge is 2.29. The van der Waals surface area contributed by atoms with Crippen molar-refractivity contribution in [3.05, 3.63) is 59.7 Å². The number of ether oxygens (including phenoxy) is 1. The van der Waals surface area contributed by atoms with E-state index in [0.717, 1.165) is 47.9 Å². The van der Waals surface area contributed by atoms with E-state index in [1.807, 2.05) is 36.4 Å². The minimum absolute atomic E-state index is 0.0527. The molecule has 30 heavy (non-hydrogen) atoms. The Morgan fingerprint density at radius 2 is 1.63 bits per heavy atom. The van der Waals surface area contributed by atoms with Crippen molar-refractivity contribution in [3.8, 4) is 11.1 Å². The van der Waals surface area contributed by atoms with Crippen molar-refractivity contribution in [1.29, 1.82) is 0 Å². The number of nitrogens with one attached hydrogen (secondary N) is 2. The summed E-state index contributed by atoms with van der Waals surface area (Å²) in [4.78, 5) is 24.5. The van der Waals surface area contributed by atoms with E-state index in [2.05, 4.69) is 29.7 Å². The molecule has 2 aromatic rings. The van der Waals surface area contributed by atoms with Gasteiger partial charge in [-0.3, -0.25) is 4.79 Å². The van der Waals surface area contributed by atoms with Gasteiger partial charge in [-0.15, -0.1) is 0 Å². The van der Waals surface area contributed by atoms with Crippen LogP contribution in [-0.4, -0.2) is 42.9 Å². The monoisotopic (exact) mass is 410 g/mol.